The van der Waals surface area contributed by atoms with Gasteiger partial charge in [-0.25, -0.2) is 4.57 Å². The van der Waals surface area contributed by atoms with Crippen molar-refractivity contribution in [2.24, 2.45) is 0 Å². The molecule has 10 heteroatoms. The summed E-state index contributed by atoms with van der Waals surface area (Å²) in [6.45, 7) is 2.09. The Hall–Kier alpha value is 0.950. The SMILES string of the molecule is CCCCCCCCCCCCOCC(O)CC(O)C(O)COP(=O)(O)O.[NaH]. The van der Waals surface area contributed by atoms with Crippen LogP contribution in [0.1, 0.15) is 77.6 Å². The van der Waals surface area contributed by atoms with E-state index < -0.39 is 32.7 Å². The number of phosphoric acid groups is 1. The quantitative estimate of drug-likeness (QED) is 0.117. The fraction of sp³-hybridized carbons (Fsp3) is 1.00. The van der Waals surface area contributed by atoms with Crippen LogP contribution in [0.25, 0.3) is 0 Å². The summed E-state index contributed by atoms with van der Waals surface area (Å²) in [5, 5.41) is 29.0. The van der Waals surface area contributed by atoms with Crippen molar-refractivity contribution >= 4 is 37.4 Å². The van der Waals surface area contributed by atoms with Gasteiger partial charge in [-0.3, -0.25) is 4.52 Å². The van der Waals surface area contributed by atoms with E-state index in [1.54, 1.807) is 0 Å². The number of aliphatic hydroxyl groups excluding tert-OH is 3. The first-order chi connectivity index (χ1) is 12.8. The second-order valence-electron chi connectivity index (χ2n) is 7.07. The Kier molecular flexibility index (Phi) is 22.1. The summed E-state index contributed by atoms with van der Waals surface area (Å²) in [7, 11) is -4.69. The van der Waals surface area contributed by atoms with Crippen molar-refractivity contribution < 1.29 is 38.9 Å². The standard InChI is InChI=1S/C18H39O8P.Na.H/c1-2-3-4-5-6-7-8-9-10-11-12-25-14-16(19)13-17(20)18(21)15-26-27(22,23)24;;/h16-21H,2-15H2,1H3,(H2,22,23,24);;. The Morgan fingerprint density at radius 1 is 0.786 bits per heavy atom. The van der Waals surface area contributed by atoms with Gasteiger partial charge in [0.25, 0.3) is 0 Å². The minimum absolute atomic E-state index is 0. The molecule has 0 aliphatic heterocycles. The van der Waals surface area contributed by atoms with Crippen LogP contribution in [0.2, 0.25) is 0 Å². The number of hydrogen-bond acceptors (Lipinski definition) is 6. The van der Waals surface area contributed by atoms with Gasteiger partial charge in [-0.05, 0) is 6.42 Å². The summed E-state index contributed by atoms with van der Waals surface area (Å²) in [5.41, 5.74) is 0. The number of ether oxygens (including phenoxy) is 1. The van der Waals surface area contributed by atoms with Crippen molar-refractivity contribution in [3.63, 3.8) is 0 Å². The molecular weight excluding hydrogens is 398 g/mol. The molecule has 0 aromatic carbocycles. The van der Waals surface area contributed by atoms with E-state index in [4.69, 9.17) is 14.5 Å². The molecule has 28 heavy (non-hydrogen) atoms. The van der Waals surface area contributed by atoms with Crippen molar-refractivity contribution in [3.05, 3.63) is 0 Å². The molecule has 0 spiro atoms. The second-order valence-corrected chi connectivity index (χ2v) is 8.31. The third kappa shape index (κ3) is 21.7. The molecule has 0 aromatic rings. The van der Waals surface area contributed by atoms with Gasteiger partial charge in [-0.2, -0.15) is 0 Å². The van der Waals surface area contributed by atoms with E-state index in [-0.39, 0.29) is 42.6 Å². The molecule has 5 N–H and O–H groups in total. The normalized spacial score (nSPS) is 15.1. The molecule has 0 aromatic heterocycles. The molecule has 0 heterocycles. The Morgan fingerprint density at radius 3 is 1.79 bits per heavy atom. The zero-order valence-corrected chi connectivity index (χ0v) is 17.4. The summed E-state index contributed by atoms with van der Waals surface area (Å²) in [5.74, 6) is 0. The van der Waals surface area contributed by atoms with Gasteiger partial charge in [0.05, 0.1) is 25.4 Å². The average Bonchev–Trinajstić information content (AvgIpc) is 2.59. The van der Waals surface area contributed by atoms with E-state index in [0.29, 0.717) is 6.61 Å². The topological polar surface area (TPSA) is 137 Å². The maximum atomic E-state index is 10.5. The molecule has 0 radical (unpaired) electrons. The maximum absolute atomic E-state index is 10.5. The van der Waals surface area contributed by atoms with Crippen LogP contribution >= 0.6 is 7.82 Å². The predicted octanol–water partition coefficient (Wildman–Crippen LogP) is 1.86. The van der Waals surface area contributed by atoms with E-state index >= 15 is 0 Å². The molecular formula is C18H40NaO8P. The summed E-state index contributed by atoms with van der Waals surface area (Å²) in [6, 6.07) is 0. The zero-order chi connectivity index (χ0) is 20.5. The van der Waals surface area contributed by atoms with Crippen LogP contribution in [-0.4, -0.2) is 92.8 Å². The summed E-state index contributed by atoms with van der Waals surface area (Å²) >= 11 is 0. The van der Waals surface area contributed by atoms with Crippen molar-refractivity contribution in [1.82, 2.24) is 0 Å². The Morgan fingerprint density at radius 2 is 1.29 bits per heavy atom. The number of rotatable bonds is 19. The fourth-order valence-corrected chi connectivity index (χ4v) is 3.05. The summed E-state index contributed by atoms with van der Waals surface area (Å²) < 4.78 is 20.0. The van der Waals surface area contributed by atoms with E-state index in [2.05, 4.69) is 11.4 Å². The van der Waals surface area contributed by atoms with E-state index in [1.165, 1.54) is 51.4 Å². The monoisotopic (exact) mass is 438 g/mol. The van der Waals surface area contributed by atoms with Gasteiger partial charge in [0.15, 0.2) is 0 Å². The van der Waals surface area contributed by atoms with E-state index in [1.807, 2.05) is 0 Å². The summed E-state index contributed by atoms with van der Waals surface area (Å²) in [4.78, 5) is 17.1. The Labute approximate surface area is 191 Å². The third-order valence-corrected chi connectivity index (χ3v) is 4.81. The van der Waals surface area contributed by atoms with Crippen molar-refractivity contribution in [2.45, 2.75) is 95.9 Å². The number of unbranched alkanes of at least 4 members (excludes halogenated alkanes) is 9. The van der Waals surface area contributed by atoms with Crippen LogP contribution in [0, 0.1) is 0 Å². The molecule has 3 unspecified atom stereocenters. The first kappa shape index (κ1) is 31.1. The molecule has 3 atom stereocenters. The molecule has 0 rings (SSSR count). The first-order valence-corrected chi connectivity index (χ1v) is 11.6. The molecule has 0 saturated heterocycles. The number of phosphoric ester groups is 1. The molecule has 0 aliphatic rings. The molecule has 166 valence electrons. The van der Waals surface area contributed by atoms with Crippen LogP contribution < -0.4 is 0 Å². The predicted molar refractivity (Wildman–Crippen MR) is 110 cm³/mol. The van der Waals surface area contributed by atoms with Crippen molar-refractivity contribution in [1.29, 1.82) is 0 Å². The van der Waals surface area contributed by atoms with Crippen LogP contribution in [0.5, 0.6) is 0 Å². The summed E-state index contributed by atoms with van der Waals surface area (Å²) in [6.07, 6.45) is 8.36. The van der Waals surface area contributed by atoms with Crippen molar-refractivity contribution in [3.8, 4) is 0 Å². The second kappa shape index (κ2) is 19.9. The van der Waals surface area contributed by atoms with Gasteiger partial charge in [0, 0.05) is 13.0 Å². The van der Waals surface area contributed by atoms with Crippen LogP contribution in [0.4, 0.5) is 0 Å². The van der Waals surface area contributed by atoms with Gasteiger partial charge < -0.3 is 29.8 Å². The Bertz CT molecular complexity index is 383. The van der Waals surface area contributed by atoms with Gasteiger partial charge in [0.1, 0.15) is 6.10 Å². The van der Waals surface area contributed by atoms with Gasteiger partial charge in [-0.1, -0.05) is 64.7 Å². The van der Waals surface area contributed by atoms with E-state index in [0.717, 1.165) is 12.8 Å². The number of aliphatic hydroxyl groups is 3. The first-order valence-electron chi connectivity index (χ1n) is 10.1. The van der Waals surface area contributed by atoms with Gasteiger partial charge in [-0.15, -0.1) is 0 Å². The van der Waals surface area contributed by atoms with E-state index in [9.17, 15) is 19.9 Å². The van der Waals surface area contributed by atoms with Gasteiger partial charge in [0.2, 0.25) is 0 Å². The molecule has 0 amide bonds. The molecule has 0 bridgehead atoms. The molecule has 0 fully saturated rings. The molecule has 0 saturated carbocycles. The van der Waals surface area contributed by atoms with Crippen LogP contribution in [0.3, 0.4) is 0 Å². The fourth-order valence-electron chi connectivity index (χ4n) is 2.70. The van der Waals surface area contributed by atoms with Gasteiger partial charge >= 0.3 is 37.4 Å². The molecule has 0 aliphatic carbocycles. The van der Waals surface area contributed by atoms with Crippen molar-refractivity contribution in [2.75, 3.05) is 19.8 Å². The molecule has 8 nitrogen and oxygen atoms in total. The number of hydrogen-bond donors (Lipinski definition) is 5. The zero-order valence-electron chi connectivity index (χ0n) is 16.5. The Balaban J connectivity index is 0. The minimum atomic E-state index is -4.69. The average molecular weight is 438 g/mol. The van der Waals surface area contributed by atoms with Crippen LogP contribution in [0.15, 0.2) is 0 Å². The van der Waals surface area contributed by atoms with Crippen LogP contribution in [-0.2, 0) is 13.8 Å². The third-order valence-electron chi connectivity index (χ3n) is 4.32.